The molecule has 1 aliphatic heterocycles. The normalized spacial score (nSPS) is 17.2. The van der Waals surface area contributed by atoms with Crippen molar-refractivity contribution >= 4 is 5.91 Å². The van der Waals surface area contributed by atoms with Gasteiger partial charge in [0.1, 0.15) is 0 Å². The van der Waals surface area contributed by atoms with E-state index in [4.69, 9.17) is 4.74 Å². The van der Waals surface area contributed by atoms with Crippen molar-refractivity contribution in [2.24, 2.45) is 0 Å². The topological polar surface area (TPSA) is 41.6 Å². The van der Waals surface area contributed by atoms with Crippen molar-refractivity contribution in [1.82, 2.24) is 10.2 Å². The minimum absolute atomic E-state index is 0.0320. The summed E-state index contributed by atoms with van der Waals surface area (Å²) >= 11 is 0. The molecule has 1 heterocycles. The molecular weight excluding hydrogens is 324 g/mol. The zero-order chi connectivity index (χ0) is 18.2. The van der Waals surface area contributed by atoms with Crippen molar-refractivity contribution < 1.29 is 9.53 Å². The number of amides is 1. The molecule has 1 amide bonds. The van der Waals surface area contributed by atoms with Gasteiger partial charge in [-0.15, -0.1) is 6.58 Å². The summed E-state index contributed by atoms with van der Waals surface area (Å²) in [7, 11) is 0. The molecule has 0 bridgehead atoms. The fourth-order valence-corrected chi connectivity index (χ4v) is 3.42. The Hall–Kier alpha value is -2.43. The van der Waals surface area contributed by atoms with Gasteiger partial charge in [0, 0.05) is 25.6 Å². The fraction of sp³-hybridized carbons (Fsp3) is 0.318. The lowest BCUT2D eigenvalue weighted by Gasteiger charge is -2.37. The summed E-state index contributed by atoms with van der Waals surface area (Å²) < 4.78 is 5.48. The maximum absolute atomic E-state index is 13.1. The van der Waals surface area contributed by atoms with Crippen LogP contribution in [0, 0.1) is 0 Å². The van der Waals surface area contributed by atoms with E-state index in [2.05, 4.69) is 28.9 Å². The molecule has 26 heavy (non-hydrogen) atoms. The Morgan fingerprint density at radius 1 is 1.08 bits per heavy atom. The van der Waals surface area contributed by atoms with Crippen LogP contribution >= 0.6 is 0 Å². The van der Waals surface area contributed by atoms with E-state index in [0.717, 1.165) is 24.2 Å². The van der Waals surface area contributed by atoms with Crippen molar-refractivity contribution in [3.8, 4) is 0 Å². The first kappa shape index (κ1) is 18.4. The summed E-state index contributed by atoms with van der Waals surface area (Å²) in [6.45, 7) is 7.35. The Bertz CT molecular complexity index is 697. The molecule has 0 saturated carbocycles. The zero-order valence-electron chi connectivity index (χ0n) is 15.0. The Balaban J connectivity index is 1.79. The van der Waals surface area contributed by atoms with E-state index >= 15 is 0 Å². The van der Waals surface area contributed by atoms with Gasteiger partial charge in [-0.3, -0.25) is 9.69 Å². The van der Waals surface area contributed by atoms with Crippen LogP contribution in [0.2, 0.25) is 0 Å². The number of carbonyl (C=O) groups excluding carboxylic acids is 1. The van der Waals surface area contributed by atoms with Crippen LogP contribution in [-0.2, 0) is 16.1 Å². The van der Waals surface area contributed by atoms with Gasteiger partial charge in [-0.25, -0.2) is 0 Å². The maximum Gasteiger partial charge on any atom is 0.238 e. The van der Waals surface area contributed by atoms with Crippen molar-refractivity contribution in [2.45, 2.75) is 18.5 Å². The van der Waals surface area contributed by atoms with E-state index in [1.807, 2.05) is 54.6 Å². The highest BCUT2D eigenvalue weighted by Crippen LogP contribution is 2.26. The standard InChI is InChI=1S/C22H26N2O2/c1-2-20(19-11-7-4-8-12-19)21(24-13-15-26-16-14-24)22(25)23-17-18-9-5-3-6-10-18/h2-12,20-21H,1,13-17H2,(H,23,25)/t20-,21-/m0/s1. The zero-order valence-corrected chi connectivity index (χ0v) is 15.0. The monoisotopic (exact) mass is 350 g/mol. The molecule has 1 aliphatic rings. The summed E-state index contributed by atoms with van der Waals surface area (Å²) in [4.78, 5) is 15.4. The number of morpholine rings is 1. The van der Waals surface area contributed by atoms with E-state index in [-0.39, 0.29) is 17.9 Å². The first-order chi connectivity index (χ1) is 12.8. The third-order valence-electron chi connectivity index (χ3n) is 4.80. The van der Waals surface area contributed by atoms with Crippen LogP contribution in [0.3, 0.4) is 0 Å². The van der Waals surface area contributed by atoms with Gasteiger partial charge in [0.05, 0.1) is 19.3 Å². The first-order valence-corrected chi connectivity index (χ1v) is 9.10. The number of carbonyl (C=O) groups is 1. The largest absolute Gasteiger partial charge is 0.379 e. The van der Waals surface area contributed by atoms with Gasteiger partial charge < -0.3 is 10.1 Å². The number of benzene rings is 2. The quantitative estimate of drug-likeness (QED) is 0.781. The molecule has 4 heteroatoms. The van der Waals surface area contributed by atoms with Crippen LogP contribution in [0.25, 0.3) is 0 Å². The smallest absolute Gasteiger partial charge is 0.238 e. The average Bonchev–Trinajstić information content (AvgIpc) is 2.72. The minimum Gasteiger partial charge on any atom is -0.379 e. The molecule has 1 fully saturated rings. The Morgan fingerprint density at radius 3 is 2.31 bits per heavy atom. The van der Waals surface area contributed by atoms with Gasteiger partial charge >= 0.3 is 0 Å². The van der Waals surface area contributed by atoms with Crippen molar-refractivity contribution in [3.05, 3.63) is 84.4 Å². The highest BCUT2D eigenvalue weighted by molar-refractivity contribution is 5.83. The molecule has 1 saturated heterocycles. The van der Waals surface area contributed by atoms with Crippen molar-refractivity contribution in [3.63, 3.8) is 0 Å². The van der Waals surface area contributed by atoms with Crippen LogP contribution in [0.5, 0.6) is 0 Å². The summed E-state index contributed by atoms with van der Waals surface area (Å²) in [6.07, 6.45) is 1.89. The van der Waals surface area contributed by atoms with Gasteiger partial charge in [-0.2, -0.15) is 0 Å². The molecule has 0 unspecified atom stereocenters. The van der Waals surface area contributed by atoms with Gasteiger partial charge in [-0.05, 0) is 11.1 Å². The van der Waals surface area contributed by atoms with Crippen LogP contribution in [-0.4, -0.2) is 43.2 Å². The highest BCUT2D eigenvalue weighted by Gasteiger charge is 2.33. The lowest BCUT2D eigenvalue weighted by molar-refractivity contribution is -0.128. The number of nitrogens with one attached hydrogen (secondary N) is 1. The summed E-state index contributed by atoms with van der Waals surface area (Å²) in [6, 6.07) is 19.8. The maximum atomic E-state index is 13.1. The number of hydrogen-bond acceptors (Lipinski definition) is 3. The predicted molar refractivity (Wildman–Crippen MR) is 104 cm³/mol. The summed E-state index contributed by atoms with van der Waals surface area (Å²) in [5.74, 6) is -0.0328. The molecule has 3 rings (SSSR count). The Kier molecular flexibility index (Phi) is 6.58. The molecule has 2 aromatic carbocycles. The van der Waals surface area contributed by atoms with Gasteiger partial charge in [0.2, 0.25) is 5.91 Å². The van der Waals surface area contributed by atoms with E-state index in [0.29, 0.717) is 19.8 Å². The molecule has 1 N–H and O–H groups in total. The second-order valence-corrected chi connectivity index (χ2v) is 6.47. The van der Waals surface area contributed by atoms with E-state index < -0.39 is 0 Å². The van der Waals surface area contributed by atoms with Gasteiger partial charge in [0.15, 0.2) is 0 Å². The third kappa shape index (κ3) is 4.59. The number of hydrogen-bond donors (Lipinski definition) is 1. The second-order valence-electron chi connectivity index (χ2n) is 6.47. The first-order valence-electron chi connectivity index (χ1n) is 9.10. The lowest BCUT2D eigenvalue weighted by atomic mass is 9.89. The molecule has 0 aliphatic carbocycles. The molecule has 136 valence electrons. The molecule has 0 spiro atoms. The molecule has 4 nitrogen and oxygen atoms in total. The Morgan fingerprint density at radius 2 is 1.69 bits per heavy atom. The minimum atomic E-state index is -0.289. The van der Waals surface area contributed by atoms with E-state index in [9.17, 15) is 4.79 Å². The molecular formula is C22H26N2O2. The SMILES string of the molecule is C=C[C@@H](c1ccccc1)[C@@H](C(=O)NCc1ccccc1)N1CCOCC1. The third-order valence-corrected chi connectivity index (χ3v) is 4.80. The predicted octanol–water partition coefficient (Wildman–Crippen LogP) is 2.97. The summed E-state index contributed by atoms with van der Waals surface area (Å²) in [5, 5.41) is 3.11. The Labute approximate surface area is 155 Å². The van der Waals surface area contributed by atoms with Crippen molar-refractivity contribution in [2.75, 3.05) is 26.3 Å². The second kappa shape index (κ2) is 9.32. The lowest BCUT2D eigenvalue weighted by Crippen LogP contribution is -2.53. The number of ether oxygens (including phenoxy) is 1. The van der Waals surface area contributed by atoms with Crippen LogP contribution in [0.4, 0.5) is 0 Å². The van der Waals surface area contributed by atoms with Crippen LogP contribution in [0.15, 0.2) is 73.3 Å². The van der Waals surface area contributed by atoms with Crippen molar-refractivity contribution in [1.29, 1.82) is 0 Å². The average molecular weight is 350 g/mol. The van der Waals surface area contributed by atoms with E-state index in [1.54, 1.807) is 0 Å². The van der Waals surface area contributed by atoms with Crippen LogP contribution < -0.4 is 5.32 Å². The molecule has 0 radical (unpaired) electrons. The van der Waals surface area contributed by atoms with Gasteiger partial charge in [-0.1, -0.05) is 66.7 Å². The van der Waals surface area contributed by atoms with E-state index in [1.165, 1.54) is 0 Å². The van der Waals surface area contributed by atoms with Crippen LogP contribution in [0.1, 0.15) is 17.0 Å². The number of rotatable bonds is 7. The molecule has 0 aromatic heterocycles. The summed E-state index contributed by atoms with van der Waals surface area (Å²) in [5.41, 5.74) is 2.20. The van der Waals surface area contributed by atoms with Gasteiger partial charge in [0.25, 0.3) is 0 Å². The molecule has 2 atom stereocenters. The number of nitrogens with zero attached hydrogens (tertiary/aromatic N) is 1. The fourth-order valence-electron chi connectivity index (χ4n) is 3.42. The molecule has 2 aromatic rings. The highest BCUT2D eigenvalue weighted by atomic mass is 16.5.